The van der Waals surface area contributed by atoms with Crippen molar-refractivity contribution >= 4 is 73.0 Å². The molecule has 0 saturated carbocycles. The van der Waals surface area contributed by atoms with E-state index >= 15 is 0 Å². The number of aliphatic hydroxyl groups is 4. The minimum absolute atomic E-state index is 0.0188. The Bertz CT molecular complexity index is 3410. The number of fused-ring (bicyclic) bond motifs is 6. The fourth-order valence-corrected chi connectivity index (χ4v) is 10.8. The van der Waals surface area contributed by atoms with E-state index in [9.17, 15) is 48.0 Å². The molecule has 4 aliphatic rings. The van der Waals surface area contributed by atoms with Crippen molar-refractivity contribution in [1.82, 2.24) is 29.8 Å². The van der Waals surface area contributed by atoms with Crippen LogP contribution >= 0.6 is 11.6 Å². The van der Waals surface area contributed by atoms with E-state index in [-0.39, 0.29) is 105 Å². The molecule has 4 aromatic carbocycles. The third-order valence-corrected chi connectivity index (χ3v) is 15.1. The molecule has 28 heteroatoms. The van der Waals surface area contributed by atoms with Crippen LogP contribution in [0.5, 0.6) is 34.5 Å². The quantitative estimate of drug-likeness (QED) is 0.0348. The number of carbonyl (C=O) groups excluding carboxylic acids is 4. The van der Waals surface area contributed by atoms with Crippen LogP contribution in [0.3, 0.4) is 0 Å². The predicted molar refractivity (Wildman–Crippen MR) is 279 cm³/mol. The molecule has 0 bridgehead atoms. The molecular weight excluding hydrogens is 1090 g/mol. The van der Waals surface area contributed by atoms with Gasteiger partial charge >= 0.3 is 10.4 Å². The Morgan fingerprint density at radius 1 is 0.863 bits per heavy atom. The van der Waals surface area contributed by atoms with Crippen LogP contribution in [0.4, 0.5) is 5.69 Å². The lowest BCUT2D eigenvalue weighted by molar-refractivity contribution is -0.277. The normalized spacial score (nSPS) is 20.7. The Morgan fingerprint density at radius 2 is 1.64 bits per heavy atom. The molecule has 0 radical (unpaired) electrons. The lowest BCUT2D eigenvalue weighted by Crippen LogP contribution is -2.60. The number of likely N-dealkylation sites (N-methyl/N-ethyl adjacent to an activating group) is 1. The van der Waals surface area contributed by atoms with Crippen LogP contribution in [0, 0.1) is 0 Å². The second-order valence-electron chi connectivity index (χ2n) is 19.1. The number of benzene rings is 4. The Balaban J connectivity index is 0.849. The molecule has 4 amide bonds. The predicted octanol–water partition coefficient (Wildman–Crippen LogP) is 2.01. The number of carbonyl (C=O) groups is 4. The average molecular weight is 1150 g/mol. The van der Waals surface area contributed by atoms with E-state index in [4.69, 9.17) is 53.1 Å². The molecule has 10 rings (SSSR count). The van der Waals surface area contributed by atoms with Gasteiger partial charge in [-0.3, -0.25) is 24.1 Å². The zero-order chi connectivity index (χ0) is 56.4. The number of hydrogen-bond donors (Lipinski definition) is 5. The molecule has 0 spiro atoms. The fraction of sp³-hybridized carbons (Fsp3) is 0.423. The number of likely N-dealkylation sites (tertiary alicyclic amines) is 1. The van der Waals surface area contributed by atoms with Gasteiger partial charge in [-0.05, 0) is 65.5 Å². The van der Waals surface area contributed by atoms with Crippen molar-refractivity contribution in [2.45, 2.75) is 62.4 Å². The number of rotatable bonds is 23. The summed E-state index contributed by atoms with van der Waals surface area (Å²) in [5.74, 6) is -1.80. The third kappa shape index (κ3) is 11.6. The molecule has 426 valence electrons. The van der Waals surface area contributed by atoms with Crippen molar-refractivity contribution in [1.29, 1.82) is 0 Å². The van der Waals surface area contributed by atoms with Gasteiger partial charge in [0.25, 0.3) is 11.8 Å². The lowest BCUT2D eigenvalue weighted by Gasteiger charge is -2.39. The maximum atomic E-state index is 14.5. The zero-order valence-electron chi connectivity index (χ0n) is 43.1. The van der Waals surface area contributed by atoms with E-state index in [0.717, 1.165) is 12.1 Å². The summed E-state index contributed by atoms with van der Waals surface area (Å²) >= 11 is 6.58. The summed E-state index contributed by atoms with van der Waals surface area (Å²) in [4.78, 5) is 59.1. The number of aromatic amines is 1. The molecule has 5 N–H and O–H groups in total. The van der Waals surface area contributed by atoms with Gasteiger partial charge in [-0.2, -0.15) is 0 Å². The van der Waals surface area contributed by atoms with Crippen LogP contribution in [-0.4, -0.2) is 192 Å². The highest BCUT2D eigenvalue weighted by atomic mass is 35.5. The van der Waals surface area contributed by atoms with E-state index < -0.39 is 76.9 Å². The zero-order valence-corrected chi connectivity index (χ0v) is 44.7. The van der Waals surface area contributed by atoms with Crippen LogP contribution in [-0.2, 0) is 47.2 Å². The maximum absolute atomic E-state index is 14.5. The first kappa shape index (κ1) is 56.0. The third-order valence-electron chi connectivity index (χ3n) is 14.0. The van der Waals surface area contributed by atoms with Crippen LogP contribution in [0.25, 0.3) is 21.7 Å². The Morgan fingerprint density at radius 3 is 2.41 bits per heavy atom. The van der Waals surface area contributed by atoms with Gasteiger partial charge in [-0.15, -0.1) is 25.1 Å². The van der Waals surface area contributed by atoms with Gasteiger partial charge in [0.05, 0.1) is 70.1 Å². The maximum Gasteiger partial charge on any atom is 0.501 e. The van der Waals surface area contributed by atoms with Crippen LogP contribution in [0.1, 0.15) is 50.9 Å². The molecule has 6 heterocycles. The highest BCUT2D eigenvalue weighted by Crippen LogP contribution is 2.48. The van der Waals surface area contributed by atoms with E-state index in [0.29, 0.717) is 64.4 Å². The van der Waals surface area contributed by atoms with Crippen molar-refractivity contribution in [3.8, 4) is 34.5 Å². The van der Waals surface area contributed by atoms with Crippen LogP contribution in [0.15, 0.2) is 66.9 Å². The number of aromatic nitrogens is 4. The van der Waals surface area contributed by atoms with Crippen molar-refractivity contribution in [3.63, 3.8) is 0 Å². The molecule has 80 heavy (non-hydrogen) atoms. The number of anilines is 1. The highest BCUT2D eigenvalue weighted by molar-refractivity contribution is 7.82. The van der Waals surface area contributed by atoms with Gasteiger partial charge in [0.15, 0.2) is 28.7 Å². The van der Waals surface area contributed by atoms with Gasteiger partial charge in [-0.1, -0.05) is 5.21 Å². The Hall–Kier alpha value is -7.34. The number of amides is 4. The number of nitrogens with zero attached hydrogens (tertiary/aromatic N) is 6. The molecule has 2 saturated heterocycles. The largest absolute Gasteiger partial charge is 0.501 e. The second kappa shape index (κ2) is 23.8. The number of imide groups is 1. The van der Waals surface area contributed by atoms with Gasteiger partial charge in [0.1, 0.15) is 35.9 Å². The molecule has 2 aromatic heterocycles. The van der Waals surface area contributed by atoms with Gasteiger partial charge in [0, 0.05) is 79.8 Å². The Kier molecular flexibility index (Phi) is 16.6. The number of alkyl halides is 1. The summed E-state index contributed by atoms with van der Waals surface area (Å²) in [5, 5.41) is 51.2. The second-order valence-corrected chi connectivity index (χ2v) is 20.6. The smallest absolute Gasteiger partial charge is 0.497 e. The number of ether oxygens (including phenoxy) is 7. The summed E-state index contributed by atoms with van der Waals surface area (Å²) in [5.41, 5.74) is 2.25. The van der Waals surface area contributed by atoms with E-state index in [1.54, 1.807) is 47.3 Å². The molecule has 6 aromatic rings. The number of methoxy groups -OCH3 is 1. The Labute approximate surface area is 461 Å². The number of H-pyrrole nitrogens is 1. The summed E-state index contributed by atoms with van der Waals surface area (Å²) < 4.78 is 81.2. The topological polar surface area (TPSA) is 323 Å². The van der Waals surface area contributed by atoms with Gasteiger partial charge in [-0.25, -0.2) is 4.68 Å². The minimum atomic E-state index is -5.26. The minimum Gasteiger partial charge on any atom is -0.497 e. The molecule has 0 aliphatic carbocycles. The number of halogens is 1. The van der Waals surface area contributed by atoms with Crippen molar-refractivity contribution < 1.29 is 89.5 Å². The number of nitrogens with one attached hydrogen (secondary N) is 1. The molecule has 4 aliphatic heterocycles. The van der Waals surface area contributed by atoms with Crippen LogP contribution in [0.2, 0.25) is 0 Å². The summed E-state index contributed by atoms with van der Waals surface area (Å²) in [6.45, 7) is 0.724. The number of hydrogen-bond acceptors (Lipinski definition) is 21. The van der Waals surface area contributed by atoms with Crippen molar-refractivity contribution in [2.24, 2.45) is 0 Å². The first-order valence-corrected chi connectivity index (χ1v) is 27.2. The summed E-state index contributed by atoms with van der Waals surface area (Å²) in [7, 11) is -2.32. The highest BCUT2D eigenvalue weighted by Gasteiger charge is 2.45. The van der Waals surface area contributed by atoms with Crippen molar-refractivity contribution in [3.05, 3.63) is 89.4 Å². The fourth-order valence-electron chi connectivity index (χ4n) is 9.77. The standard InChI is InChI=1S/C52H56ClN7O19S/c1-57(12-16-73-17-13-58-25-30(55-56-58)11-15-72-18-14-59-43(62)9-10-44(59)63)50(67)28-3-7-38(76-52-48(66)47(65)46(64)42(26-61)77-52)41(19-28)79-80(69,70)78-40-22-37-45(33-20-31(71-2)4-5-32(33)40)29(23-53)24-60(37)51(68)36-21-34-35(54-36)6-8-39-49(34)75-27-74-39/h3-8,19-22,25,29,42,46-48,52,54,61,64-66H,9-18,23-24,26-27H2,1-2H3/t29-,42-,46+,47+,48?,52-/m1/s1. The van der Waals surface area contributed by atoms with Crippen molar-refractivity contribution in [2.75, 3.05) is 84.4 Å². The summed E-state index contributed by atoms with van der Waals surface area (Å²) in [6, 6.07) is 14.8. The van der Waals surface area contributed by atoms with E-state index in [1.165, 1.54) is 41.0 Å². The number of aliphatic hydroxyl groups excluding tert-OH is 4. The first-order chi connectivity index (χ1) is 38.5. The monoisotopic (exact) mass is 1150 g/mol. The first-order valence-electron chi connectivity index (χ1n) is 25.4. The van der Waals surface area contributed by atoms with E-state index in [1.807, 2.05) is 0 Å². The lowest BCUT2D eigenvalue weighted by atomic mass is 9.95. The average Bonchev–Trinajstić information content (AvgIpc) is 4.32. The van der Waals surface area contributed by atoms with Gasteiger partial charge in [0.2, 0.25) is 24.9 Å². The molecular formula is C52H56ClN7O19S. The summed E-state index contributed by atoms with van der Waals surface area (Å²) in [6.07, 6.45) is -6.11. The molecule has 1 unspecified atom stereocenters. The SMILES string of the molecule is COc1ccc2c(OS(=O)(=O)Oc3cc(C(=O)N(C)CCOCCn4cc(CCOCCN5C(=O)CCC5=O)nn4)ccc3O[C@@H]3O[C@H](CO)[C@H](O)[C@H](O)C3O)cc3c(c2c1)[C@H](CCl)CN3C(=O)c1cc2c3c(ccc2[nH]1)OCO3. The van der Waals surface area contributed by atoms with Gasteiger partial charge < -0.3 is 76.7 Å². The molecule has 6 atom stereocenters. The molecule has 26 nitrogen and oxygen atoms in total. The van der Waals surface area contributed by atoms with Crippen LogP contribution < -0.4 is 32.2 Å². The van der Waals surface area contributed by atoms with E-state index in [2.05, 4.69) is 15.3 Å². The molecule has 2 fully saturated rings.